The first-order valence-electron chi connectivity index (χ1n) is 5.58. The highest BCUT2D eigenvalue weighted by molar-refractivity contribution is 9.10. The Kier molecular flexibility index (Phi) is 4.55. The first-order chi connectivity index (χ1) is 9.01. The van der Waals surface area contributed by atoms with E-state index < -0.39 is 0 Å². The van der Waals surface area contributed by atoms with Crippen LogP contribution in [0.1, 0.15) is 5.56 Å². The molecule has 0 radical (unpaired) electrons. The Balaban J connectivity index is 2.40. The van der Waals surface area contributed by atoms with Crippen molar-refractivity contribution in [2.45, 2.75) is 6.92 Å². The Morgan fingerprint density at radius 2 is 1.79 bits per heavy atom. The monoisotopic (exact) mass is 359 g/mol. The van der Waals surface area contributed by atoms with Crippen molar-refractivity contribution in [3.05, 3.63) is 44.3 Å². The van der Waals surface area contributed by atoms with Gasteiger partial charge in [-0.1, -0.05) is 29.3 Å². The van der Waals surface area contributed by atoms with E-state index in [9.17, 15) is 0 Å². The highest BCUT2D eigenvalue weighted by Crippen LogP contribution is 2.33. The summed E-state index contributed by atoms with van der Waals surface area (Å²) in [5.41, 5.74) is 2.04. The molecule has 0 aliphatic carbocycles. The molecule has 0 aliphatic rings. The second-order valence-electron chi connectivity index (χ2n) is 4.01. The molecule has 2 rings (SSSR count). The molecule has 0 unspecified atom stereocenters. The summed E-state index contributed by atoms with van der Waals surface area (Å²) in [5.74, 6) is 1.14. The van der Waals surface area contributed by atoms with Crippen LogP contribution >= 0.6 is 39.1 Å². The Bertz CT molecular complexity index is 617. The number of halogens is 3. The summed E-state index contributed by atoms with van der Waals surface area (Å²) in [6.07, 6.45) is 0. The van der Waals surface area contributed by atoms with E-state index in [-0.39, 0.29) is 0 Å². The quantitative estimate of drug-likeness (QED) is 0.785. The molecule has 1 heterocycles. The van der Waals surface area contributed by atoms with Gasteiger partial charge in [-0.05, 0) is 46.6 Å². The fraction of sp³-hybridized carbons (Fsp3) is 0.154. The van der Waals surface area contributed by atoms with Crippen LogP contribution in [-0.4, -0.2) is 12.0 Å². The molecule has 19 heavy (non-hydrogen) atoms. The van der Waals surface area contributed by atoms with Crippen molar-refractivity contribution < 1.29 is 0 Å². The highest BCUT2D eigenvalue weighted by atomic mass is 79.9. The van der Waals surface area contributed by atoms with Crippen LogP contribution in [0.2, 0.25) is 10.0 Å². The van der Waals surface area contributed by atoms with E-state index in [1.165, 1.54) is 0 Å². The van der Waals surface area contributed by atoms with E-state index in [4.69, 9.17) is 23.2 Å². The molecule has 0 bridgehead atoms. The average Bonchev–Trinajstić information content (AvgIpc) is 2.37. The third-order valence-corrected chi connectivity index (χ3v) is 3.81. The summed E-state index contributed by atoms with van der Waals surface area (Å²) in [6, 6.07) is 7.66. The van der Waals surface area contributed by atoms with Crippen LogP contribution in [0.4, 0.5) is 17.3 Å². The minimum atomic E-state index is 0.470. The Morgan fingerprint density at radius 1 is 1.11 bits per heavy atom. The normalized spacial score (nSPS) is 10.4. The number of nitrogens with one attached hydrogen (secondary N) is 2. The number of nitrogens with zero attached hydrogens (tertiary/aromatic N) is 1. The second kappa shape index (κ2) is 5.99. The van der Waals surface area contributed by atoms with Gasteiger partial charge in [0.2, 0.25) is 0 Å². The van der Waals surface area contributed by atoms with Crippen molar-refractivity contribution in [3.63, 3.8) is 0 Å². The molecule has 2 N–H and O–H groups in total. The maximum absolute atomic E-state index is 6.15. The van der Waals surface area contributed by atoms with Gasteiger partial charge in [-0.15, -0.1) is 0 Å². The summed E-state index contributed by atoms with van der Waals surface area (Å²) in [5, 5.41) is 7.07. The number of benzene rings is 1. The maximum atomic E-state index is 6.15. The number of hydrogen-bond acceptors (Lipinski definition) is 3. The van der Waals surface area contributed by atoms with Crippen LogP contribution in [-0.2, 0) is 0 Å². The van der Waals surface area contributed by atoms with Crippen LogP contribution in [0, 0.1) is 6.92 Å². The van der Waals surface area contributed by atoms with Gasteiger partial charge >= 0.3 is 0 Å². The van der Waals surface area contributed by atoms with Gasteiger partial charge in [0.1, 0.15) is 5.82 Å². The molecule has 0 aliphatic heterocycles. The zero-order valence-electron chi connectivity index (χ0n) is 10.4. The van der Waals surface area contributed by atoms with Crippen molar-refractivity contribution >= 4 is 56.5 Å². The van der Waals surface area contributed by atoms with Crippen LogP contribution in [0.3, 0.4) is 0 Å². The van der Waals surface area contributed by atoms with Crippen molar-refractivity contribution in [3.8, 4) is 0 Å². The lowest BCUT2D eigenvalue weighted by Gasteiger charge is -2.12. The number of hydrogen-bond donors (Lipinski definition) is 2. The molecule has 0 spiro atoms. The number of anilines is 3. The molecule has 1 aromatic carbocycles. The summed E-state index contributed by atoms with van der Waals surface area (Å²) in [4.78, 5) is 4.35. The minimum absolute atomic E-state index is 0.470. The first-order valence-corrected chi connectivity index (χ1v) is 7.13. The topological polar surface area (TPSA) is 37.0 Å². The lowest BCUT2D eigenvalue weighted by atomic mass is 10.2. The number of aryl methyl sites for hydroxylation is 1. The van der Waals surface area contributed by atoms with Crippen LogP contribution < -0.4 is 10.6 Å². The van der Waals surface area contributed by atoms with Crippen LogP contribution in [0.25, 0.3) is 0 Å². The standard InChI is InChI=1S/C13H12BrCl2N3/c1-7-3-4-8(14)11(5-7)18-13-10(16)6-9(15)12(17-2)19-13/h3-6H,1-2H3,(H2,17,18,19). The summed E-state index contributed by atoms with van der Waals surface area (Å²) in [6.45, 7) is 2.02. The van der Waals surface area contributed by atoms with Gasteiger partial charge in [-0.2, -0.15) is 0 Å². The van der Waals surface area contributed by atoms with Gasteiger partial charge in [0.25, 0.3) is 0 Å². The largest absolute Gasteiger partial charge is 0.372 e. The van der Waals surface area contributed by atoms with Gasteiger partial charge in [-0.3, -0.25) is 0 Å². The fourth-order valence-electron chi connectivity index (χ4n) is 1.59. The van der Waals surface area contributed by atoms with Gasteiger partial charge < -0.3 is 10.6 Å². The van der Waals surface area contributed by atoms with Crippen LogP contribution in [0.5, 0.6) is 0 Å². The average molecular weight is 361 g/mol. The zero-order valence-corrected chi connectivity index (χ0v) is 13.5. The van der Waals surface area contributed by atoms with E-state index in [2.05, 4.69) is 31.5 Å². The molecule has 2 aromatic rings. The number of pyridine rings is 1. The van der Waals surface area contributed by atoms with E-state index in [1.54, 1.807) is 13.1 Å². The SMILES string of the molecule is CNc1nc(Nc2cc(C)ccc2Br)c(Cl)cc1Cl. The van der Waals surface area contributed by atoms with Gasteiger partial charge in [0, 0.05) is 11.5 Å². The molecule has 100 valence electrons. The molecule has 1 aromatic heterocycles. The number of aromatic nitrogens is 1. The molecular weight excluding hydrogens is 349 g/mol. The van der Waals surface area contributed by atoms with Gasteiger partial charge in [0.05, 0.1) is 15.7 Å². The van der Waals surface area contributed by atoms with E-state index in [1.807, 2.05) is 25.1 Å². The van der Waals surface area contributed by atoms with Gasteiger partial charge in [0.15, 0.2) is 5.82 Å². The van der Waals surface area contributed by atoms with E-state index in [0.29, 0.717) is 21.7 Å². The predicted molar refractivity (Wildman–Crippen MR) is 86.0 cm³/mol. The lowest BCUT2D eigenvalue weighted by Crippen LogP contribution is -2.00. The molecule has 6 heteroatoms. The molecule has 0 atom stereocenters. The van der Waals surface area contributed by atoms with Crippen molar-refractivity contribution in [1.82, 2.24) is 4.98 Å². The lowest BCUT2D eigenvalue weighted by molar-refractivity contribution is 1.27. The Morgan fingerprint density at radius 3 is 2.47 bits per heavy atom. The zero-order chi connectivity index (χ0) is 14.0. The summed E-state index contributed by atoms with van der Waals surface area (Å²) >= 11 is 15.7. The van der Waals surface area contributed by atoms with Crippen molar-refractivity contribution in [1.29, 1.82) is 0 Å². The maximum Gasteiger partial charge on any atom is 0.151 e. The van der Waals surface area contributed by atoms with Crippen molar-refractivity contribution in [2.24, 2.45) is 0 Å². The van der Waals surface area contributed by atoms with Gasteiger partial charge in [-0.25, -0.2) is 4.98 Å². The molecule has 3 nitrogen and oxygen atoms in total. The molecular formula is C13H12BrCl2N3. The summed E-state index contributed by atoms with van der Waals surface area (Å²) in [7, 11) is 1.76. The fourth-order valence-corrected chi connectivity index (χ4v) is 2.44. The van der Waals surface area contributed by atoms with E-state index in [0.717, 1.165) is 15.7 Å². The predicted octanol–water partition coefficient (Wildman–Crippen LogP) is 5.24. The third-order valence-electron chi connectivity index (χ3n) is 2.54. The summed E-state index contributed by atoms with van der Waals surface area (Å²) < 4.78 is 0.942. The Hall–Kier alpha value is -0.970. The highest BCUT2D eigenvalue weighted by Gasteiger charge is 2.10. The van der Waals surface area contributed by atoms with Crippen LogP contribution in [0.15, 0.2) is 28.7 Å². The molecule has 0 saturated heterocycles. The molecule has 0 fully saturated rings. The van der Waals surface area contributed by atoms with E-state index >= 15 is 0 Å². The Labute approximate surface area is 130 Å². The first kappa shape index (κ1) is 14.4. The second-order valence-corrected chi connectivity index (χ2v) is 5.68. The third kappa shape index (κ3) is 3.32. The molecule has 0 saturated carbocycles. The molecule has 0 amide bonds. The van der Waals surface area contributed by atoms with Crippen molar-refractivity contribution in [2.75, 3.05) is 17.7 Å². The number of rotatable bonds is 3. The minimum Gasteiger partial charge on any atom is -0.372 e. The smallest absolute Gasteiger partial charge is 0.151 e.